The lowest BCUT2D eigenvalue weighted by atomic mass is 10.1. The van der Waals surface area contributed by atoms with Crippen molar-refractivity contribution in [3.8, 4) is 16.9 Å². The van der Waals surface area contributed by atoms with Gasteiger partial charge in [-0.15, -0.1) is 5.10 Å². The minimum atomic E-state index is -0.113. The summed E-state index contributed by atoms with van der Waals surface area (Å²) < 4.78 is 7.49. The van der Waals surface area contributed by atoms with Gasteiger partial charge in [-0.3, -0.25) is 4.79 Å². The number of nitrogens with zero attached hydrogens (tertiary/aromatic N) is 4. The van der Waals surface area contributed by atoms with Gasteiger partial charge in [-0.1, -0.05) is 53.7 Å². The van der Waals surface area contributed by atoms with Crippen molar-refractivity contribution in [3.63, 3.8) is 0 Å². The highest BCUT2D eigenvalue weighted by Crippen LogP contribution is 2.27. The highest BCUT2D eigenvalue weighted by atomic mass is 16.5. The molecule has 27 heavy (non-hydrogen) atoms. The molecule has 2 aromatic carbocycles. The summed E-state index contributed by atoms with van der Waals surface area (Å²) in [5.74, 6) is -0.113. The number of rotatable bonds is 3. The van der Waals surface area contributed by atoms with Gasteiger partial charge >= 0.3 is 0 Å². The van der Waals surface area contributed by atoms with Gasteiger partial charge in [0.1, 0.15) is 5.69 Å². The van der Waals surface area contributed by atoms with Gasteiger partial charge in [0.2, 0.25) is 0 Å². The second-order valence-electron chi connectivity index (χ2n) is 6.87. The number of hydrogen-bond donors (Lipinski definition) is 0. The number of carbonyl (C=O) groups is 1. The number of amides is 1. The quantitative estimate of drug-likeness (QED) is 0.718. The SMILES string of the molecule is CC1CN(C(=O)c2nnn(-c3ccccc3)c2-c2ccccc2)CC(C)O1. The van der Waals surface area contributed by atoms with Gasteiger partial charge in [0.15, 0.2) is 5.69 Å². The van der Waals surface area contributed by atoms with Crippen LogP contribution in [0, 0.1) is 0 Å². The highest BCUT2D eigenvalue weighted by Gasteiger charge is 2.31. The van der Waals surface area contributed by atoms with Crippen LogP contribution in [0.1, 0.15) is 24.3 Å². The molecule has 0 radical (unpaired) electrons. The number of para-hydroxylation sites is 1. The topological polar surface area (TPSA) is 60.2 Å². The van der Waals surface area contributed by atoms with E-state index in [-0.39, 0.29) is 18.1 Å². The Morgan fingerprint density at radius 2 is 1.56 bits per heavy atom. The summed E-state index contributed by atoms with van der Waals surface area (Å²) in [5.41, 5.74) is 2.85. The lowest BCUT2D eigenvalue weighted by Gasteiger charge is -2.35. The molecule has 1 aliphatic rings. The minimum absolute atomic E-state index is 0.00189. The van der Waals surface area contributed by atoms with Crippen molar-refractivity contribution in [2.45, 2.75) is 26.1 Å². The van der Waals surface area contributed by atoms with E-state index in [0.29, 0.717) is 24.5 Å². The Labute approximate surface area is 158 Å². The Kier molecular flexibility index (Phi) is 4.73. The van der Waals surface area contributed by atoms with E-state index in [4.69, 9.17) is 4.74 Å². The number of benzene rings is 2. The van der Waals surface area contributed by atoms with Crippen LogP contribution in [0.2, 0.25) is 0 Å². The summed E-state index contributed by atoms with van der Waals surface area (Å²) in [6.45, 7) is 5.06. The van der Waals surface area contributed by atoms with E-state index in [1.54, 1.807) is 4.68 Å². The molecule has 2 heterocycles. The van der Waals surface area contributed by atoms with Crippen LogP contribution < -0.4 is 0 Å². The van der Waals surface area contributed by atoms with Crippen molar-refractivity contribution in [2.75, 3.05) is 13.1 Å². The number of morpholine rings is 1. The zero-order valence-corrected chi connectivity index (χ0v) is 15.4. The molecule has 0 aliphatic carbocycles. The molecular weight excluding hydrogens is 340 g/mol. The zero-order chi connectivity index (χ0) is 18.8. The van der Waals surface area contributed by atoms with Crippen LogP contribution in [0.4, 0.5) is 0 Å². The molecule has 6 nitrogen and oxygen atoms in total. The first-order valence-electron chi connectivity index (χ1n) is 9.14. The van der Waals surface area contributed by atoms with Gasteiger partial charge in [-0.2, -0.15) is 0 Å². The Bertz CT molecular complexity index is 914. The van der Waals surface area contributed by atoms with Crippen molar-refractivity contribution in [3.05, 3.63) is 66.4 Å². The Hall–Kier alpha value is -2.99. The van der Waals surface area contributed by atoms with Crippen molar-refractivity contribution in [2.24, 2.45) is 0 Å². The van der Waals surface area contributed by atoms with Crippen LogP contribution in [0.25, 0.3) is 16.9 Å². The van der Waals surface area contributed by atoms with Gasteiger partial charge in [-0.25, -0.2) is 4.68 Å². The van der Waals surface area contributed by atoms with E-state index < -0.39 is 0 Å². The monoisotopic (exact) mass is 362 g/mol. The fraction of sp³-hybridized carbons (Fsp3) is 0.286. The first-order chi connectivity index (χ1) is 13.1. The number of ether oxygens (including phenoxy) is 1. The molecule has 6 heteroatoms. The van der Waals surface area contributed by atoms with Crippen molar-refractivity contribution in [1.82, 2.24) is 19.9 Å². The Morgan fingerprint density at radius 3 is 2.19 bits per heavy atom. The van der Waals surface area contributed by atoms with E-state index in [0.717, 1.165) is 11.3 Å². The molecule has 0 bridgehead atoms. The predicted octanol–water partition coefficient (Wildman–Crippen LogP) is 3.18. The molecule has 3 aromatic rings. The highest BCUT2D eigenvalue weighted by molar-refractivity contribution is 5.98. The number of aromatic nitrogens is 3. The van der Waals surface area contributed by atoms with E-state index in [1.807, 2.05) is 79.4 Å². The van der Waals surface area contributed by atoms with E-state index in [1.165, 1.54) is 0 Å². The number of hydrogen-bond acceptors (Lipinski definition) is 4. The summed E-state index contributed by atoms with van der Waals surface area (Å²) >= 11 is 0. The molecule has 1 aliphatic heterocycles. The molecular formula is C21H22N4O2. The smallest absolute Gasteiger partial charge is 0.276 e. The van der Waals surface area contributed by atoms with Gasteiger partial charge in [0.05, 0.1) is 17.9 Å². The van der Waals surface area contributed by atoms with Crippen molar-refractivity contribution in [1.29, 1.82) is 0 Å². The molecule has 1 amide bonds. The molecule has 2 atom stereocenters. The zero-order valence-electron chi connectivity index (χ0n) is 15.4. The van der Waals surface area contributed by atoms with Crippen LogP contribution in [0.15, 0.2) is 60.7 Å². The molecule has 1 saturated heterocycles. The third kappa shape index (κ3) is 3.48. The Balaban J connectivity index is 1.79. The summed E-state index contributed by atoms with van der Waals surface area (Å²) in [7, 11) is 0. The van der Waals surface area contributed by atoms with Gasteiger partial charge in [0.25, 0.3) is 5.91 Å². The second kappa shape index (κ2) is 7.32. The van der Waals surface area contributed by atoms with Gasteiger partial charge < -0.3 is 9.64 Å². The average molecular weight is 362 g/mol. The second-order valence-corrected chi connectivity index (χ2v) is 6.87. The standard InChI is InChI=1S/C21H22N4O2/c1-15-13-24(14-16(2)27-15)21(26)19-20(17-9-5-3-6-10-17)25(23-22-19)18-11-7-4-8-12-18/h3-12,15-16H,13-14H2,1-2H3. The van der Waals surface area contributed by atoms with Crippen LogP contribution in [-0.4, -0.2) is 51.1 Å². The van der Waals surface area contributed by atoms with Crippen LogP contribution in [-0.2, 0) is 4.74 Å². The average Bonchev–Trinajstić information content (AvgIpc) is 3.13. The van der Waals surface area contributed by atoms with Crippen LogP contribution in [0.5, 0.6) is 0 Å². The van der Waals surface area contributed by atoms with Gasteiger partial charge in [-0.05, 0) is 26.0 Å². The minimum Gasteiger partial charge on any atom is -0.372 e. The summed E-state index contributed by atoms with van der Waals surface area (Å²) in [6.07, 6.45) is 0.00378. The fourth-order valence-corrected chi connectivity index (χ4v) is 3.52. The van der Waals surface area contributed by atoms with E-state index in [2.05, 4.69) is 10.3 Å². The molecule has 1 fully saturated rings. The summed E-state index contributed by atoms with van der Waals surface area (Å²) in [4.78, 5) is 15.1. The lowest BCUT2D eigenvalue weighted by molar-refractivity contribution is -0.0587. The maximum atomic E-state index is 13.3. The molecule has 0 saturated carbocycles. The Morgan fingerprint density at radius 1 is 0.963 bits per heavy atom. The molecule has 0 spiro atoms. The van der Waals surface area contributed by atoms with Crippen molar-refractivity contribution < 1.29 is 9.53 Å². The normalized spacial score (nSPS) is 19.9. The molecule has 1 aromatic heterocycles. The fourth-order valence-electron chi connectivity index (χ4n) is 3.52. The molecule has 138 valence electrons. The summed E-state index contributed by atoms with van der Waals surface area (Å²) in [6, 6.07) is 19.5. The van der Waals surface area contributed by atoms with E-state index in [9.17, 15) is 4.79 Å². The third-order valence-corrected chi connectivity index (χ3v) is 4.63. The maximum Gasteiger partial charge on any atom is 0.276 e. The first kappa shape index (κ1) is 17.4. The number of carbonyl (C=O) groups excluding carboxylic acids is 1. The molecule has 2 unspecified atom stereocenters. The van der Waals surface area contributed by atoms with E-state index >= 15 is 0 Å². The molecule has 4 rings (SSSR count). The van der Waals surface area contributed by atoms with Crippen molar-refractivity contribution >= 4 is 5.91 Å². The third-order valence-electron chi connectivity index (χ3n) is 4.63. The molecule has 0 N–H and O–H groups in total. The summed E-state index contributed by atoms with van der Waals surface area (Å²) in [5, 5.41) is 8.58. The maximum absolute atomic E-state index is 13.3. The first-order valence-corrected chi connectivity index (χ1v) is 9.14. The predicted molar refractivity (Wildman–Crippen MR) is 103 cm³/mol. The van der Waals surface area contributed by atoms with Crippen LogP contribution in [0.3, 0.4) is 0 Å². The van der Waals surface area contributed by atoms with Gasteiger partial charge in [0, 0.05) is 18.7 Å². The van der Waals surface area contributed by atoms with Crippen LogP contribution >= 0.6 is 0 Å². The lowest BCUT2D eigenvalue weighted by Crippen LogP contribution is -2.48. The largest absolute Gasteiger partial charge is 0.372 e.